The molecule has 2 nitrogen and oxygen atoms in total. The molecule has 5 heteroatoms. The highest BCUT2D eigenvalue weighted by molar-refractivity contribution is 5.70. The first-order chi connectivity index (χ1) is 7.84. The topological polar surface area (TPSA) is 29.5 Å². The Bertz CT molecular complexity index is 391. The fourth-order valence-electron chi connectivity index (χ4n) is 1.37. The van der Waals surface area contributed by atoms with Crippen LogP contribution in [0.15, 0.2) is 30.3 Å². The molecule has 1 rings (SSSR count). The summed E-state index contributed by atoms with van der Waals surface area (Å²) in [5.41, 5.74) is -0.852. The van der Waals surface area contributed by atoms with Crippen molar-refractivity contribution in [2.45, 2.75) is 19.2 Å². The minimum absolute atomic E-state index is 0.000741. The van der Waals surface area contributed by atoms with Crippen molar-refractivity contribution in [2.24, 2.45) is 0 Å². The van der Waals surface area contributed by atoms with E-state index in [4.69, 9.17) is 9.84 Å². The van der Waals surface area contributed by atoms with Crippen LogP contribution in [0.4, 0.5) is 13.2 Å². The second-order valence-electron chi connectivity index (χ2n) is 3.55. The molecule has 0 aliphatic carbocycles. The van der Waals surface area contributed by atoms with E-state index < -0.39 is 17.9 Å². The largest absolute Gasteiger partial charge is 0.497 e. The normalized spacial score (nSPS) is 14.6. The van der Waals surface area contributed by atoms with Crippen molar-refractivity contribution in [2.75, 3.05) is 7.11 Å². The fourth-order valence-corrected chi connectivity index (χ4v) is 1.37. The van der Waals surface area contributed by atoms with Crippen LogP contribution in [0.5, 0.6) is 5.75 Å². The second-order valence-corrected chi connectivity index (χ2v) is 3.55. The lowest BCUT2D eigenvalue weighted by Gasteiger charge is -2.13. The Labute approximate surface area is 97.3 Å². The third-order valence-corrected chi connectivity index (χ3v) is 2.11. The number of benzene rings is 1. The third kappa shape index (κ3) is 3.78. The number of hydrogen-bond acceptors (Lipinski definition) is 2. The monoisotopic (exact) mass is 246 g/mol. The molecule has 17 heavy (non-hydrogen) atoms. The van der Waals surface area contributed by atoms with Crippen molar-refractivity contribution in [1.29, 1.82) is 0 Å². The maximum atomic E-state index is 12.7. The molecule has 0 bridgehead atoms. The molecule has 0 amide bonds. The predicted molar refractivity (Wildman–Crippen MR) is 58.7 cm³/mol. The van der Waals surface area contributed by atoms with Crippen molar-refractivity contribution < 1.29 is 23.0 Å². The average molecular weight is 246 g/mol. The van der Waals surface area contributed by atoms with Gasteiger partial charge in [0.2, 0.25) is 0 Å². The number of allylic oxidation sites excluding steroid dienone is 1. The fraction of sp³-hybridized carbons (Fsp3) is 0.333. The summed E-state index contributed by atoms with van der Waals surface area (Å²) in [6.07, 6.45) is -4.87. The van der Waals surface area contributed by atoms with E-state index in [1.165, 1.54) is 38.3 Å². The molecule has 0 aliphatic heterocycles. The Kier molecular flexibility index (Phi) is 4.17. The van der Waals surface area contributed by atoms with Gasteiger partial charge in [0.25, 0.3) is 0 Å². The van der Waals surface area contributed by atoms with Crippen LogP contribution in [0.3, 0.4) is 0 Å². The van der Waals surface area contributed by atoms with Crippen LogP contribution >= 0.6 is 0 Å². The van der Waals surface area contributed by atoms with Crippen molar-refractivity contribution in [3.05, 3.63) is 35.9 Å². The van der Waals surface area contributed by atoms with E-state index in [9.17, 15) is 13.2 Å². The van der Waals surface area contributed by atoms with Crippen LogP contribution < -0.4 is 4.74 Å². The van der Waals surface area contributed by atoms with Gasteiger partial charge in [-0.25, -0.2) is 0 Å². The molecule has 0 heterocycles. The van der Waals surface area contributed by atoms with Gasteiger partial charge in [0.1, 0.15) is 5.75 Å². The molecule has 1 aromatic rings. The van der Waals surface area contributed by atoms with Gasteiger partial charge in [-0.2, -0.15) is 13.2 Å². The molecular formula is C12H13F3O2. The van der Waals surface area contributed by atoms with Gasteiger partial charge in [-0.05, 0) is 30.7 Å². The molecule has 0 fully saturated rings. The summed E-state index contributed by atoms with van der Waals surface area (Å²) in [6.45, 7) is 1.27. The van der Waals surface area contributed by atoms with Gasteiger partial charge in [0.15, 0.2) is 0 Å². The highest BCUT2D eigenvalue weighted by atomic mass is 19.4. The summed E-state index contributed by atoms with van der Waals surface area (Å²) in [4.78, 5) is 0. The molecule has 0 aliphatic rings. The second kappa shape index (κ2) is 5.23. The van der Waals surface area contributed by atoms with Gasteiger partial charge in [-0.3, -0.25) is 0 Å². The first-order valence-corrected chi connectivity index (χ1v) is 4.96. The van der Waals surface area contributed by atoms with E-state index in [0.717, 1.165) is 6.08 Å². The first kappa shape index (κ1) is 13.6. The Balaban J connectivity index is 3.14. The number of alkyl halides is 3. The lowest BCUT2D eigenvalue weighted by Crippen LogP contribution is -2.13. The van der Waals surface area contributed by atoms with E-state index in [-0.39, 0.29) is 5.56 Å². The van der Waals surface area contributed by atoms with Gasteiger partial charge >= 0.3 is 6.18 Å². The molecule has 0 spiro atoms. The van der Waals surface area contributed by atoms with E-state index in [0.29, 0.717) is 5.75 Å². The zero-order chi connectivity index (χ0) is 13.1. The number of ether oxygens (including phenoxy) is 1. The van der Waals surface area contributed by atoms with E-state index in [2.05, 4.69) is 0 Å². The summed E-state index contributed by atoms with van der Waals surface area (Å²) >= 11 is 0. The zero-order valence-electron chi connectivity index (χ0n) is 9.45. The molecule has 0 aromatic heterocycles. The standard InChI is InChI=1S/C12H13F3O2/c1-8(16)7-11(12(13,14)15)9-3-5-10(17-2)6-4-9/h3-8,16H,1-2H3/b11-7+/t8-/m1/s1. The van der Waals surface area contributed by atoms with E-state index in [1.54, 1.807) is 0 Å². The molecule has 0 saturated carbocycles. The highest BCUT2D eigenvalue weighted by Crippen LogP contribution is 2.34. The maximum Gasteiger partial charge on any atom is 0.416 e. The van der Waals surface area contributed by atoms with Crippen LogP contribution in [0.2, 0.25) is 0 Å². The van der Waals surface area contributed by atoms with Gasteiger partial charge in [-0.15, -0.1) is 0 Å². The molecule has 0 saturated heterocycles. The Morgan fingerprint density at radius 1 is 1.29 bits per heavy atom. The number of hydrogen-bond donors (Lipinski definition) is 1. The highest BCUT2D eigenvalue weighted by Gasteiger charge is 2.34. The van der Waals surface area contributed by atoms with Gasteiger partial charge in [-0.1, -0.05) is 12.1 Å². The summed E-state index contributed by atoms with van der Waals surface area (Å²) in [5.74, 6) is 0.479. The van der Waals surface area contributed by atoms with Crippen LogP contribution in [0.1, 0.15) is 12.5 Å². The number of methoxy groups -OCH3 is 1. The summed E-state index contributed by atoms with van der Waals surface area (Å²) in [5, 5.41) is 9.05. The first-order valence-electron chi connectivity index (χ1n) is 4.96. The van der Waals surface area contributed by atoms with Crippen LogP contribution in [-0.2, 0) is 0 Å². The Morgan fingerprint density at radius 2 is 1.82 bits per heavy atom. The molecule has 1 aromatic carbocycles. The number of aliphatic hydroxyl groups is 1. The SMILES string of the molecule is COc1ccc(/C(=C\[C@@H](C)O)C(F)(F)F)cc1. The summed E-state index contributed by atoms with van der Waals surface area (Å²) < 4.78 is 43.1. The van der Waals surface area contributed by atoms with Crippen LogP contribution in [0.25, 0.3) is 5.57 Å². The van der Waals surface area contributed by atoms with Gasteiger partial charge < -0.3 is 9.84 Å². The summed E-state index contributed by atoms with van der Waals surface area (Å²) in [7, 11) is 1.44. The third-order valence-electron chi connectivity index (χ3n) is 2.11. The smallest absolute Gasteiger partial charge is 0.416 e. The summed E-state index contributed by atoms with van der Waals surface area (Å²) in [6, 6.07) is 5.50. The molecule has 1 atom stereocenters. The van der Waals surface area contributed by atoms with Crippen molar-refractivity contribution in [3.8, 4) is 5.75 Å². The molecule has 1 N–H and O–H groups in total. The number of halogens is 3. The van der Waals surface area contributed by atoms with Crippen molar-refractivity contribution >= 4 is 5.57 Å². The minimum Gasteiger partial charge on any atom is -0.497 e. The average Bonchev–Trinajstić information content (AvgIpc) is 2.24. The van der Waals surface area contributed by atoms with Gasteiger partial charge in [0.05, 0.1) is 18.8 Å². The Hall–Kier alpha value is -1.49. The van der Waals surface area contributed by atoms with E-state index in [1.807, 2.05) is 0 Å². The van der Waals surface area contributed by atoms with Gasteiger partial charge in [0, 0.05) is 0 Å². The number of aliphatic hydroxyl groups excluding tert-OH is 1. The zero-order valence-corrected chi connectivity index (χ0v) is 9.45. The van der Waals surface area contributed by atoms with Crippen molar-refractivity contribution in [1.82, 2.24) is 0 Å². The van der Waals surface area contributed by atoms with E-state index >= 15 is 0 Å². The minimum atomic E-state index is -4.49. The number of rotatable bonds is 3. The lowest BCUT2D eigenvalue weighted by molar-refractivity contribution is -0.0694. The van der Waals surface area contributed by atoms with Crippen molar-refractivity contribution in [3.63, 3.8) is 0 Å². The van der Waals surface area contributed by atoms with Crippen LogP contribution in [0, 0.1) is 0 Å². The van der Waals surface area contributed by atoms with Crippen LogP contribution in [-0.4, -0.2) is 24.5 Å². The lowest BCUT2D eigenvalue weighted by atomic mass is 10.0. The molecular weight excluding hydrogens is 233 g/mol. The maximum absolute atomic E-state index is 12.7. The quantitative estimate of drug-likeness (QED) is 0.888. The Morgan fingerprint density at radius 3 is 2.18 bits per heavy atom. The molecule has 94 valence electrons. The molecule has 0 radical (unpaired) electrons. The predicted octanol–water partition coefficient (Wildman–Crippen LogP) is 3.02. The molecule has 0 unspecified atom stereocenters.